The van der Waals surface area contributed by atoms with Crippen molar-refractivity contribution in [3.8, 4) is 0 Å². The summed E-state index contributed by atoms with van der Waals surface area (Å²) in [5, 5.41) is 2.64. The van der Waals surface area contributed by atoms with E-state index in [1.165, 1.54) is 26.1 Å². The molecule has 0 radical (unpaired) electrons. The minimum Gasteiger partial charge on any atom is -0.144 e. The molecule has 0 N–H and O–H groups in total. The zero-order chi connectivity index (χ0) is 13.9. The van der Waals surface area contributed by atoms with E-state index in [0.29, 0.717) is 4.83 Å². The summed E-state index contributed by atoms with van der Waals surface area (Å²) in [6.07, 6.45) is 2.16. The molecule has 0 saturated heterocycles. The minimum atomic E-state index is 0.411. The van der Waals surface area contributed by atoms with Crippen LogP contribution in [0.1, 0.15) is 27.1 Å². The molecule has 0 saturated carbocycles. The largest absolute Gasteiger partial charge is 0.144 e. The highest BCUT2D eigenvalue weighted by Crippen LogP contribution is 2.33. The Hall–Kier alpha value is -1.12. The molecule has 0 nitrogen and oxygen atoms in total. The van der Waals surface area contributed by atoms with Crippen molar-refractivity contribution >= 4 is 38.0 Å². The molecule has 0 bridgehead atoms. The average molecular weight is 345 g/mol. The second kappa shape index (κ2) is 6.11. The van der Waals surface area contributed by atoms with E-state index in [1.807, 2.05) is 11.3 Å². The van der Waals surface area contributed by atoms with E-state index in [4.69, 9.17) is 0 Å². The topological polar surface area (TPSA) is 0 Å². The summed E-state index contributed by atoms with van der Waals surface area (Å²) in [5.41, 5.74) is 1.39. The van der Waals surface area contributed by atoms with Gasteiger partial charge in [-0.15, -0.1) is 11.3 Å². The molecule has 0 aliphatic rings. The molecule has 2 heteroatoms. The maximum absolute atomic E-state index is 3.84. The Bertz CT molecular complexity index is 714. The van der Waals surface area contributed by atoms with Gasteiger partial charge in [-0.1, -0.05) is 65.3 Å². The molecular formula is C18H17BrS. The summed E-state index contributed by atoms with van der Waals surface area (Å²) in [7, 11) is 0. The maximum atomic E-state index is 3.84. The van der Waals surface area contributed by atoms with E-state index in [-0.39, 0.29) is 0 Å². The number of alkyl halides is 1. The Morgan fingerprint density at radius 3 is 2.55 bits per heavy atom. The Morgan fingerprint density at radius 1 is 1.00 bits per heavy atom. The average Bonchev–Trinajstić information content (AvgIpc) is 2.96. The first-order valence-corrected chi connectivity index (χ1v) is 8.70. The number of benzene rings is 2. The molecule has 0 fully saturated rings. The van der Waals surface area contributed by atoms with Gasteiger partial charge in [0.1, 0.15) is 0 Å². The standard InChI is InChI=1S/C18H17BrS/c1-2-16-9-10-18(20-16)17(19)12-13-7-8-14-5-3-4-6-15(14)11-13/h3-11,17H,2,12H2,1H3. The van der Waals surface area contributed by atoms with Gasteiger partial charge in [-0.3, -0.25) is 0 Å². The van der Waals surface area contributed by atoms with E-state index in [0.717, 1.165) is 12.8 Å². The molecule has 0 amide bonds. The molecule has 3 aromatic rings. The number of thiophene rings is 1. The SMILES string of the molecule is CCc1ccc(C(Br)Cc2ccc3ccccc3c2)s1. The van der Waals surface area contributed by atoms with Gasteiger partial charge < -0.3 is 0 Å². The molecule has 102 valence electrons. The second-order valence-corrected chi connectivity index (χ2v) is 7.32. The van der Waals surface area contributed by atoms with Crippen molar-refractivity contribution < 1.29 is 0 Å². The van der Waals surface area contributed by atoms with E-state index >= 15 is 0 Å². The van der Waals surface area contributed by atoms with Gasteiger partial charge in [0.05, 0.1) is 4.83 Å². The second-order valence-electron chi connectivity index (χ2n) is 5.01. The van der Waals surface area contributed by atoms with Gasteiger partial charge in [-0.2, -0.15) is 0 Å². The van der Waals surface area contributed by atoms with Gasteiger partial charge in [0.15, 0.2) is 0 Å². The molecule has 1 aromatic heterocycles. The lowest BCUT2D eigenvalue weighted by Crippen LogP contribution is -1.92. The lowest BCUT2D eigenvalue weighted by molar-refractivity contribution is 0.972. The molecule has 0 aliphatic carbocycles. The van der Waals surface area contributed by atoms with Crippen LogP contribution in [-0.4, -0.2) is 0 Å². The Kier molecular flexibility index (Phi) is 4.23. The predicted molar refractivity (Wildman–Crippen MR) is 93.0 cm³/mol. The van der Waals surface area contributed by atoms with Crippen molar-refractivity contribution in [3.05, 3.63) is 69.9 Å². The quantitative estimate of drug-likeness (QED) is 0.498. The van der Waals surface area contributed by atoms with Crippen molar-refractivity contribution in [2.45, 2.75) is 24.6 Å². The molecule has 3 rings (SSSR count). The molecule has 20 heavy (non-hydrogen) atoms. The van der Waals surface area contributed by atoms with Gasteiger partial charge in [0.25, 0.3) is 0 Å². The van der Waals surface area contributed by atoms with Crippen LogP contribution in [0.2, 0.25) is 0 Å². The fourth-order valence-corrected chi connectivity index (χ4v) is 4.16. The summed E-state index contributed by atoms with van der Waals surface area (Å²) in [4.78, 5) is 3.30. The fraction of sp³-hybridized carbons (Fsp3) is 0.222. The summed E-state index contributed by atoms with van der Waals surface area (Å²) in [5.74, 6) is 0. The van der Waals surface area contributed by atoms with Gasteiger partial charge in [0, 0.05) is 9.75 Å². The summed E-state index contributed by atoms with van der Waals surface area (Å²) in [6.45, 7) is 2.21. The van der Waals surface area contributed by atoms with Crippen LogP contribution in [-0.2, 0) is 12.8 Å². The monoisotopic (exact) mass is 344 g/mol. The van der Waals surface area contributed by atoms with Crippen LogP contribution in [0.15, 0.2) is 54.6 Å². The third-order valence-corrected chi connectivity index (χ3v) is 6.03. The van der Waals surface area contributed by atoms with Crippen LogP contribution in [0.5, 0.6) is 0 Å². The van der Waals surface area contributed by atoms with E-state index in [1.54, 1.807) is 0 Å². The highest BCUT2D eigenvalue weighted by atomic mass is 79.9. The summed E-state index contributed by atoms with van der Waals surface area (Å²) < 4.78 is 0. The fourth-order valence-electron chi connectivity index (χ4n) is 2.43. The Labute approximate surface area is 132 Å². The number of aryl methyl sites for hydroxylation is 1. The molecule has 0 aliphatic heterocycles. The van der Waals surface area contributed by atoms with E-state index < -0.39 is 0 Å². The smallest absolute Gasteiger partial charge is 0.0529 e. The van der Waals surface area contributed by atoms with Crippen molar-refractivity contribution in [1.29, 1.82) is 0 Å². The van der Waals surface area contributed by atoms with Crippen LogP contribution in [0.3, 0.4) is 0 Å². The lowest BCUT2D eigenvalue weighted by atomic mass is 10.0. The van der Waals surface area contributed by atoms with Gasteiger partial charge in [0.2, 0.25) is 0 Å². The Morgan fingerprint density at radius 2 is 1.80 bits per heavy atom. The minimum absolute atomic E-state index is 0.411. The normalized spacial score (nSPS) is 12.7. The Balaban J connectivity index is 1.81. The number of halogens is 1. The molecule has 1 unspecified atom stereocenters. The first-order valence-electron chi connectivity index (χ1n) is 6.96. The highest BCUT2D eigenvalue weighted by Gasteiger charge is 2.11. The molecule has 2 aromatic carbocycles. The van der Waals surface area contributed by atoms with Crippen molar-refractivity contribution in [2.24, 2.45) is 0 Å². The number of rotatable bonds is 4. The first kappa shape index (κ1) is 13.8. The maximum Gasteiger partial charge on any atom is 0.0529 e. The van der Waals surface area contributed by atoms with Crippen LogP contribution in [0.4, 0.5) is 0 Å². The molecule has 1 atom stereocenters. The molecular weight excluding hydrogens is 328 g/mol. The zero-order valence-electron chi connectivity index (χ0n) is 11.5. The van der Waals surface area contributed by atoms with Crippen LogP contribution < -0.4 is 0 Å². The summed E-state index contributed by atoms with van der Waals surface area (Å²) in [6, 6.07) is 19.8. The van der Waals surface area contributed by atoms with E-state index in [2.05, 4.69) is 77.5 Å². The van der Waals surface area contributed by atoms with Gasteiger partial charge >= 0.3 is 0 Å². The number of hydrogen-bond donors (Lipinski definition) is 0. The lowest BCUT2D eigenvalue weighted by Gasteiger charge is -2.09. The van der Waals surface area contributed by atoms with Crippen molar-refractivity contribution in [2.75, 3.05) is 0 Å². The van der Waals surface area contributed by atoms with Gasteiger partial charge in [-0.25, -0.2) is 0 Å². The summed E-state index contributed by atoms with van der Waals surface area (Å²) >= 11 is 5.76. The number of hydrogen-bond acceptors (Lipinski definition) is 1. The van der Waals surface area contributed by atoms with Crippen molar-refractivity contribution in [1.82, 2.24) is 0 Å². The first-order chi connectivity index (χ1) is 9.76. The molecule has 1 heterocycles. The van der Waals surface area contributed by atoms with Crippen LogP contribution in [0, 0.1) is 0 Å². The third kappa shape index (κ3) is 2.97. The number of fused-ring (bicyclic) bond motifs is 1. The molecule has 0 spiro atoms. The van der Waals surface area contributed by atoms with Crippen LogP contribution >= 0.6 is 27.3 Å². The van der Waals surface area contributed by atoms with E-state index in [9.17, 15) is 0 Å². The zero-order valence-corrected chi connectivity index (χ0v) is 13.9. The van der Waals surface area contributed by atoms with Crippen LogP contribution in [0.25, 0.3) is 10.8 Å². The third-order valence-electron chi connectivity index (χ3n) is 3.57. The van der Waals surface area contributed by atoms with Gasteiger partial charge in [-0.05, 0) is 41.3 Å². The highest BCUT2D eigenvalue weighted by molar-refractivity contribution is 9.09. The predicted octanol–water partition coefficient (Wildman–Crippen LogP) is 6.14. The van der Waals surface area contributed by atoms with Crippen molar-refractivity contribution in [3.63, 3.8) is 0 Å².